The molecule has 1 aromatic carbocycles. The van der Waals surface area contributed by atoms with Crippen LogP contribution in [0, 0.1) is 11.8 Å². The van der Waals surface area contributed by atoms with Crippen LogP contribution in [0.3, 0.4) is 0 Å². The molecule has 0 atom stereocenters. The Morgan fingerprint density at radius 1 is 1.16 bits per heavy atom. The lowest BCUT2D eigenvalue weighted by Gasteiger charge is -2.26. The van der Waals surface area contributed by atoms with Gasteiger partial charge < -0.3 is 9.47 Å². The summed E-state index contributed by atoms with van der Waals surface area (Å²) in [6, 6.07) is 8.41. The Hall–Kier alpha value is -1.02. The second kappa shape index (κ2) is 7.54. The van der Waals surface area contributed by atoms with E-state index in [2.05, 4.69) is 25.1 Å². The average Bonchev–Trinajstić information content (AvgIpc) is 2.45. The van der Waals surface area contributed by atoms with Gasteiger partial charge in [0.2, 0.25) is 0 Å². The third-order valence-electron chi connectivity index (χ3n) is 4.22. The van der Waals surface area contributed by atoms with Crippen LogP contribution in [0.5, 0.6) is 5.75 Å². The molecule has 0 aromatic heterocycles. The lowest BCUT2D eigenvalue weighted by atomic mass is 9.80. The highest BCUT2D eigenvalue weighted by atomic mass is 16.7. The molecule has 1 fully saturated rings. The highest BCUT2D eigenvalue weighted by Gasteiger charge is 2.17. The molecule has 0 radical (unpaired) electrons. The first-order valence-corrected chi connectivity index (χ1v) is 7.48. The van der Waals surface area contributed by atoms with E-state index in [0.717, 1.165) is 17.6 Å². The molecule has 1 aromatic rings. The van der Waals surface area contributed by atoms with Gasteiger partial charge in [-0.1, -0.05) is 44.7 Å². The zero-order valence-electron chi connectivity index (χ0n) is 12.2. The van der Waals surface area contributed by atoms with Crippen molar-refractivity contribution >= 4 is 0 Å². The summed E-state index contributed by atoms with van der Waals surface area (Å²) >= 11 is 0. The van der Waals surface area contributed by atoms with Crippen LogP contribution in [0.2, 0.25) is 0 Å². The lowest BCUT2D eigenvalue weighted by Crippen LogP contribution is -2.12. The summed E-state index contributed by atoms with van der Waals surface area (Å²) in [6.45, 7) is 2.71. The second-order valence-electron chi connectivity index (χ2n) is 5.86. The van der Waals surface area contributed by atoms with Crippen LogP contribution >= 0.6 is 0 Å². The van der Waals surface area contributed by atoms with Crippen molar-refractivity contribution in [2.45, 2.75) is 45.4 Å². The number of ether oxygens (including phenoxy) is 2. The maximum absolute atomic E-state index is 5.48. The minimum Gasteiger partial charge on any atom is -0.468 e. The highest BCUT2D eigenvalue weighted by Crippen LogP contribution is 2.31. The summed E-state index contributed by atoms with van der Waals surface area (Å²) in [7, 11) is 1.65. The molecular formula is C17H26O2. The SMILES string of the molecule is COCOc1cccc(CCC2CCC(C)CC2)c1. The van der Waals surface area contributed by atoms with Gasteiger partial charge in [-0.25, -0.2) is 0 Å². The van der Waals surface area contributed by atoms with Gasteiger partial charge in [0.1, 0.15) is 5.75 Å². The van der Waals surface area contributed by atoms with E-state index in [1.54, 1.807) is 7.11 Å². The van der Waals surface area contributed by atoms with E-state index in [4.69, 9.17) is 9.47 Å². The molecule has 1 saturated carbocycles. The maximum Gasteiger partial charge on any atom is 0.188 e. The number of hydrogen-bond acceptors (Lipinski definition) is 2. The summed E-state index contributed by atoms with van der Waals surface area (Å²) in [6.07, 6.45) is 8.16. The number of benzene rings is 1. The van der Waals surface area contributed by atoms with Crippen LogP contribution in [0.4, 0.5) is 0 Å². The second-order valence-corrected chi connectivity index (χ2v) is 5.86. The predicted molar refractivity (Wildman–Crippen MR) is 78.4 cm³/mol. The fourth-order valence-corrected chi connectivity index (χ4v) is 2.91. The summed E-state index contributed by atoms with van der Waals surface area (Å²) in [4.78, 5) is 0. The predicted octanol–water partition coefficient (Wildman–Crippen LogP) is 4.43. The standard InChI is InChI=1S/C17H26O2/c1-14-6-8-15(9-7-14)10-11-16-4-3-5-17(12-16)19-13-18-2/h3-5,12,14-15H,6-11,13H2,1-2H3. The molecule has 2 nitrogen and oxygen atoms in total. The molecule has 19 heavy (non-hydrogen) atoms. The fraction of sp³-hybridized carbons (Fsp3) is 0.647. The third kappa shape index (κ3) is 4.87. The summed E-state index contributed by atoms with van der Waals surface area (Å²) < 4.78 is 10.4. The van der Waals surface area contributed by atoms with E-state index in [1.165, 1.54) is 44.1 Å². The topological polar surface area (TPSA) is 18.5 Å². The van der Waals surface area contributed by atoms with Crippen molar-refractivity contribution in [2.24, 2.45) is 11.8 Å². The van der Waals surface area contributed by atoms with E-state index < -0.39 is 0 Å². The molecule has 0 bridgehead atoms. The lowest BCUT2D eigenvalue weighted by molar-refractivity contribution is 0.0511. The number of rotatable bonds is 6. The molecule has 0 spiro atoms. The monoisotopic (exact) mass is 262 g/mol. The van der Waals surface area contributed by atoms with E-state index >= 15 is 0 Å². The molecular weight excluding hydrogens is 236 g/mol. The molecule has 1 aliphatic rings. The van der Waals surface area contributed by atoms with Crippen molar-refractivity contribution < 1.29 is 9.47 Å². The van der Waals surface area contributed by atoms with Gasteiger partial charge in [-0.3, -0.25) is 0 Å². The molecule has 0 unspecified atom stereocenters. The Morgan fingerprint density at radius 2 is 1.95 bits per heavy atom. The first kappa shape index (κ1) is 14.4. The van der Waals surface area contributed by atoms with Crippen molar-refractivity contribution in [3.63, 3.8) is 0 Å². The molecule has 2 heteroatoms. The van der Waals surface area contributed by atoms with Gasteiger partial charge in [0, 0.05) is 7.11 Å². The van der Waals surface area contributed by atoms with E-state index in [0.29, 0.717) is 6.79 Å². The molecule has 2 rings (SSSR count). The molecule has 0 aliphatic heterocycles. The fourth-order valence-electron chi connectivity index (χ4n) is 2.91. The third-order valence-corrected chi connectivity index (χ3v) is 4.22. The number of aryl methyl sites for hydroxylation is 1. The van der Waals surface area contributed by atoms with Gasteiger partial charge in [-0.15, -0.1) is 0 Å². The Kier molecular flexibility index (Phi) is 5.71. The summed E-state index contributed by atoms with van der Waals surface area (Å²) in [5.74, 6) is 2.79. The quantitative estimate of drug-likeness (QED) is 0.706. The van der Waals surface area contributed by atoms with Crippen molar-refractivity contribution in [3.05, 3.63) is 29.8 Å². The molecule has 106 valence electrons. The van der Waals surface area contributed by atoms with E-state index in [1.807, 2.05) is 6.07 Å². The van der Waals surface area contributed by atoms with Gasteiger partial charge in [0.05, 0.1) is 0 Å². The molecule has 0 saturated heterocycles. The van der Waals surface area contributed by atoms with Crippen LogP contribution in [-0.4, -0.2) is 13.9 Å². The van der Waals surface area contributed by atoms with Crippen LogP contribution < -0.4 is 4.74 Å². The van der Waals surface area contributed by atoms with Gasteiger partial charge in [0.15, 0.2) is 6.79 Å². The van der Waals surface area contributed by atoms with Crippen molar-refractivity contribution in [2.75, 3.05) is 13.9 Å². The Bertz CT molecular complexity index is 367. The van der Waals surface area contributed by atoms with Gasteiger partial charge in [0.25, 0.3) is 0 Å². The maximum atomic E-state index is 5.48. The van der Waals surface area contributed by atoms with Crippen LogP contribution in [-0.2, 0) is 11.2 Å². The molecule has 0 amide bonds. The van der Waals surface area contributed by atoms with Crippen LogP contribution in [0.15, 0.2) is 24.3 Å². The average molecular weight is 262 g/mol. The molecule has 1 aliphatic carbocycles. The van der Waals surface area contributed by atoms with Gasteiger partial charge in [-0.2, -0.15) is 0 Å². The highest BCUT2D eigenvalue weighted by molar-refractivity contribution is 5.28. The zero-order valence-corrected chi connectivity index (χ0v) is 12.2. The van der Waals surface area contributed by atoms with E-state index in [-0.39, 0.29) is 0 Å². The largest absolute Gasteiger partial charge is 0.468 e. The van der Waals surface area contributed by atoms with E-state index in [9.17, 15) is 0 Å². The van der Waals surface area contributed by atoms with Gasteiger partial charge >= 0.3 is 0 Å². The number of hydrogen-bond donors (Lipinski definition) is 0. The Morgan fingerprint density at radius 3 is 2.68 bits per heavy atom. The summed E-state index contributed by atoms with van der Waals surface area (Å²) in [5.41, 5.74) is 1.38. The normalized spacial score (nSPS) is 23.3. The minimum atomic E-state index is 0.323. The summed E-state index contributed by atoms with van der Waals surface area (Å²) in [5, 5.41) is 0. The molecule has 0 heterocycles. The first-order chi connectivity index (χ1) is 9.28. The van der Waals surface area contributed by atoms with Gasteiger partial charge in [-0.05, 0) is 42.4 Å². The Balaban J connectivity index is 1.78. The Labute approximate surface area is 117 Å². The van der Waals surface area contributed by atoms with Crippen molar-refractivity contribution in [1.29, 1.82) is 0 Å². The number of methoxy groups -OCH3 is 1. The van der Waals surface area contributed by atoms with Crippen LogP contribution in [0.25, 0.3) is 0 Å². The van der Waals surface area contributed by atoms with Crippen molar-refractivity contribution in [1.82, 2.24) is 0 Å². The zero-order chi connectivity index (χ0) is 13.5. The van der Waals surface area contributed by atoms with Crippen LogP contribution in [0.1, 0.15) is 44.6 Å². The minimum absolute atomic E-state index is 0.323. The van der Waals surface area contributed by atoms with Crippen molar-refractivity contribution in [3.8, 4) is 5.75 Å². The molecule has 0 N–H and O–H groups in total. The smallest absolute Gasteiger partial charge is 0.188 e. The first-order valence-electron chi connectivity index (χ1n) is 7.48.